The Morgan fingerprint density at radius 1 is 0.957 bits per heavy atom. The van der Waals surface area contributed by atoms with Crippen LogP contribution in [0.3, 0.4) is 0 Å². The zero-order valence-corrected chi connectivity index (χ0v) is 14.3. The molecule has 0 aliphatic rings. The molecule has 2 aromatic carbocycles. The highest BCUT2D eigenvalue weighted by atomic mass is 35.5. The van der Waals surface area contributed by atoms with Gasteiger partial charge in [-0.15, -0.1) is 0 Å². The Hall–Kier alpha value is -1.60. The number of hydrogen-bond donors (Lipinski definition) is 2. The van der Waals surface area contributed by atoms with Gasteiger partial charge in [0.2, 0.25) is 10.0 Å². The van der Waals surface area contributed by atoms with E-state index in [-0.39, 0.29) is 33.9 Å². The van der Waals surface area contributed by atoms with Crippen LogP contribution in [0, 0.1) is 0 Å². The van der Waals surface area contributed by atoms with Crippen molar-refractivity contribution >= 4 is 39.1 Å². The number of carbonyl (C=O) groups is 1. The van der Waals surface area contributed by atoms with Crippen LogP contribution in [0.15, 0.2) is 53.4 Å². The molecule has 0 fully saturated rings. The summed E-state index contributed by atoms with van der Waals surface area (Å²) in [6.45, 7) is 0.201. The van der Waals surface area contributed by atoms with Gasteiger partial charge in [0.05, 0.1) is 4.90 Å². The molecule has 0 bridgehead atoms. The largest absolute Gasteiger partial charge is 0.351 e. The maximum atomic E-state index is 12.1. The van der Waals surface area contributed by atoms with Gasteiger partial charge in [-0.1, -0.05) is 41.4 Å². The Morgan fingerprint density at radius 2 is 1.57 bits per heavy atom. The van der Waals surface area contributed by atoms with Crippen LogP contribution in [0.4, 0.5) is 0 Å². The molecule has 5 nitrogen and oxygen atoms in total. The second-order valence-electron chi connectivity index (χ2n) is 4.62. The van der Waals surface area contributed by atoms with Crippen molar-refractivity contribution in [2.75, 3.05) is 13.1 Å². The van der Waals surface area contributed by atoms with E-state index >= 15 is 0 Å². The van der Waals surface area contributed by atoms with Crippen LogP contribution in [-0.2, 0) is 10.0 Å². The Morgan fingerprint density at radius 3 is 2.17 bits per heavy atom. The first-order chi connectivity index (χ1) is 10.9. The van der Waals surface area contributed by atoms with Gasteiger partial charge in [-0.2, -0.15) is 0 Å². The summed E-state index contributed by atoms with van der Waals surface area (Å²) < 4.78 is 26.6. The van der Waals surface area contributed by atoms with Crippen LogP contribution in [-0.4, -0.2) is 27.4 Å². The summed E-state index contributed by atoms with van der Waals surface area (Å²) in [5.74, 6) is -0.268. The van der Waals surface area contributed by atoms with Gasteiger partial charge in [-0.3, -0.25) is 4.79 Å². The number of rotatable bonds is 6. The van der Waals surface area contributed by atoms with Crippen molar-refractivity contribution in [2.45, 2.75) is 4.90 Å². The first kappa shape index (κ1) is 17.7. The average molecular weight is 373 g/mol. The minimum Gasteiger partial charge on any atom is -0.351 e. The molecule has 2 aromatic rings. The monoisotopic (exact) mass is 372 g/mol. The van der Waals surface area contributed by atoms with Gasteiger partial charge in [0.1, 0.15) is 0 Å². The molecule has 0 atom stereocenters. The van der Waals surface area contributed by atoms with Gasteiger partial charge in [0.15, 0.2) is 0 Å². The predicted molar refractivity (Wildman–Crippen MR) is 90.4 cm³/mol. The van der Waals surface area contributed by atoms with Crippen LogP contribution in [0.25, 0.3) is 0 Å². The molecule has 23 heavy (non-hydrogen) atoms. The fraction of sp³-hybridized carbons (Fsp3) is 0.133. The summed E-state index contributed by atoms with van der Waals surface area (Å²) >= 11 is 11.6. The van der Waals surface area contributed by atoms with Crippen LogP contribution in [0.1, 0.15) is 10.4 Å². The highest BCUT2D eigenvalue weighted by Crippen LogP contribution is 2.21. The molecule has 0 aromatic heterocycles. The lowest BCUT2D eigenvalue weighted by Gasteiger charge is -2.09. The molecule has 0 radical (unpaired) electrons. The van der Waals surface area contributed by atoms with Gasteiger partial charge in [-0.05, 0) is 30.3 Å². The molecule has 2 N–H and O–H groups in total. The van der Waals surface area contributed by atoms with Crippen molar-refractivity contribution in [3.63, 3.8) is 0 Å². The van der Waals surface area contributed by atoms with E-state index in [4.69, 9.17) is 23.2 Å². The second-order valence-corrected chi connectivity index (χ2v) is 7.26. The average Bonchev–Trinajstić information content (AvgIpc) is 2.51. The zero-order valence-electron chi connectivity index (χ0n) is 11.9. The third kappa shape index (κ3) is 5.21. The topological polar surface area (TPSA) is 75.3 Å². The minimum absolute atomic E-state index is 0.0237. The Balaban J connectivity index is 1.89. The van der Waals surface area contributed by atoms with E-state index in [1.165, 1.54) is 18.2 Å². The molecule has 122 valence electrons. The summed E-state index contributed by atoms with van der Waals surface area (Å²) in [6.07, 6.45) is 0. The lowest BCUT2D eigenvalue weighted by molar-refractivity contribution is 0.0954. The molecule has 2 rings (SSSR count). The summed E-state index contributed by atoms with van der Waals surface area (Å²) in [5, 5.41) is 3.09. The van der Waals surface area contributed by atoms with E-state index < -0.39 is 10.0 Å². The lowest BCUT2D eigenvalue weighted by Crippen LogP contribution is -2.34. The van der Waals surface area contributed by atoms with Crippen molar-refractivity contribution in [2.24, 2.45) is 0 Å². The normalized spacial score (nSPS) is 11.2. The van der Waals surface area contributed by atoms with Crippen LogP contribution < -0.4 is 10.0 Å². The summed E-state index contributed by atoms with van der Waals surface area (Å²) in [7, 11) is -3.74. The number of halogens is 2. The standard InChI is InChI=1S/C15H14Cl2N2O3S/c16-12-8-13(17)10-14(9-12)23(21,22)19-7-6-18-15(20)11-4-2-1-3-5-11/h1-5,8-10,19H,6-7H2,(H,18,20). The molecule has 0 heterocycles. The van der Waals surface area contributed by atoms with Crippen LogP contribution >= 0.6 is 23.2 Å². The van der Waals surface area contributed by atoms with Crippen LogP contribution in [0.2, 0.25) is 10.0 Å². The summed E-state index contributed by atoms with van der Waals surface area (Å²) in [5.41, 5.74) is 0.511. The van der Waals surface area contributed by atoms with E-state index in [1.54, 1.807) is 30.3 Å². The fourth-order valence-corrected chi connectivity index (χ4v) is 3.58. The zero-order chi connectivity index (χ0) is 16.9. The molecule has 0 aliphatic carbocycles. The maximum absolute atomic E-state index is 12.1. The molecule has 1 amide bonds. The van der Waals surface area contributed by atoms with E-state index in [2.05, 4.69) is 10.0 Å². The minimum atomic E-state index is -3.74. The second kappa shape index (κ2) is 7.79. The number of amides is 1. The molecule has 0 spiro atoms. The molecule has 0 unspecified atom stereocenters. The van der Waals surface area contributed by atoms with Gasteiger partial charge < -0.3 is 5.32 Å². The number of sulfonamides is 1. The molecular formula is C15H14Cl2N2O3S. The van der Waals surface area contributed by atoms with Gasteiger partial charge in [-0.25, -0.2) is 13.1 Å². The summed E-state index contributed by atoms with van der Waals surface area (Å²) in [6, 6.07) is 12.7. The van der Waals surface area contributed by atoms with Gasteiger partial charge in [0, 0.05) is 28.7 Å². The fourth-order valence-electron chi connectivity index (χ4n) is 1.82. The number of carbonyl (C=O) groups excluding carboxylic acids is 1. The van der Waals surface area contributed by atoms with Crippen molar-refractivity contribution < 1.29 is 13.2 Å². The molecule has 0 aliphatic heterocycles. The van der Waals surface area contributed by atoms with Gasteiger partial charge >= 0.3 is 0 Å². The van der Waals surface area contributed by atoms with Gasteiger partial charge in [0.25, 0.3) is 5.91 Å². The number of nitrogens with one attached hydrogen (secondary N) is 2. The van der Waals surface area contributed by atoms with Crippen molar-refractivity contribution in [1.82, 2.24) is 10.0 Å². The highest BCUT2D eigenvalue weighted by Gasteiger charge is 2.15. The molecule has 0 saturated carbocycles. The Bertz CT molecular complexity index is 775. The molecular weight excluding hydrogens is 359 g/mol. The van der Waals surface area contributed by atoms with E-state index in [1.807, 2.05) is 0 Å². The van der Waals surface area contributed by atoms with Crippen LogP contribution in [0.5, 0.6) is 0 Å². The summed E-state index contributed by atoms with van der Waals surface area (Å²) in [4.78, 5) is 11.8. The maximum Gasteiger partial charge on any atom is 0.251 e. The smallest absolute Gasteiger partial charge is 0.251 e. The predicted octanol–water partition coefficient (Wildman–Crippen LogP) is 2.70. The Kier molecular flexibility index (Phi) is 6.01. The van der Waals surface area contributed by atoms with E-state index in [0.29, 0.717) is 5.56 Å². The number of hydrogen-bond acceptors (Lipinski definition) is 3. The molecule has 8 heteroatoms. The highest BCUT2D eigenvalue weighted by molar-refractivity contribution is 7.89. The number of benzene rings is 2. The van der Waals surface area contributed by atoms with Crippen molar-refractivity contribution in [3.05, 3.63) is 64.1 Å². The Labute approximate surface area is 144 Å². The SMILES string of the molecule is O=C(NCCNS(=O)(=O)c1cc(Cl)cc(Cl)c1)c1ccccc1. The molecule has 0 saturated heterocycles. The first-order valence-electron chi connectivity index (χ1n) is 6.67. The van der Waals surface area contributed by atoms with Crippen molar-refractivity contribution in [1.29, 1.82) is 0 Å². The third-order valence-corrected chi connectivity index (χ3v) is 4.76. The van der Waals surface area contributed by atoms with E-state index in [0.717, 1.165) is 0 Å². The van der Waals surface area contributed by atoms with Crippen molar-refractivity contribution in [3.8, 4) is 0 Å². The first-order valence-corrected chi connectivity index (χ1v) is 8.91. The quantitative estimate of drug-likeness (QED) is 0.765. The third-order valence-electron chi connectivity index (χ3n) is 2.88. The van der Waals surface area contributed by atoms with E-state index in [9.17, 15) is 13.2 Å². The lowest BCUT2D eigenvalue weighted by atomic mass is 10.2.